The summed E-state index contributed by atoms with van der Waals surface area (Å²) in [6.45, 7) is 10.5. The van der Waals surface area contributed by atoms with Gasteiger partial charge in [-0.05, 0) is 81.6 Å². The van der Waals surface area contributed by atoms with Gasteiger partial charge < -0.3 is 38.7 Å². The van der Waals surface area contributed by atoms with Crippen molar-refractivity contribution in [3.05, 3.63) is 111 Å². The Labute approximate surface area is 410 Å². The van der Waals surface area contributed by atoms with Crippen LogP contribution in [0, 0.1) is 17.0 Å². The first-order valence-corrected chi connectivity index (χ1v) is 23.8. The molecule has 17 nitrogen and oxygen atoms in total. The topological polar surface area (TPSA) is 228 Å². The van der Waals surface area contributed by atoms with Gasteiger partial charge in [-0.25, -0.2) is 0 Å². The van der Waals surface area contributed by atoms with E-state index in [-0.39, 0.29) is 65.0 Å². The number of carboxylic acid groups (broad SMARTS) is 1. The number of carbonyl (C=O) groups excluding carboxylic acids is 2. The zero-order chi connectivity index (χ0) is 51.4. The number of ether oxygens (including phenoxy) is 4. The summed E-state index contributed by atoms with van der Waals surface area (Å²) in [5.41, 5.74) is 2.69. The van der Waals surface area contributed by atoms with Crippen molar-refractivity contribution in [1.82, 2.24) is 5.32 Å². The Morgan fingerprint density at radius 3 is 2.24 bits per heavy atom. The molecular weight excluding hydrogens is 1010 g/mol. The van der Waals surface area contributed by atoms with Crippen molar-refractivity contribution in [1.29, 1.82) is 0 Å². The third kappa shape index (κ3) is 19.2. The number of benzene rings is 4. The Balaban J connectivity index is 0.000000324. The number of nitrogens with one attached hydrogen (secondary N) is 1. The van der Waals surface area contributed by atoms with Gasteiger partial charge in [0.15, 0.2) is 4.84 Å². The van der Waals surface area contributed by atoms with Gasteiger partial charge in [-0.15, -0.1) is 11.6 Å². The average Bonchev–Trinajstić information content (AvgIpc) is 3.27. The Hall–Kier alpha value is -4.89. The highest BCUT2D eigenvalue weighted by Crippen LogP contribution is 2.39. The highest BCUT2D eigenvalue weighted by molar-refractivity contribution is 7.51. The van der Waals surface area contributed by atoms with E-state index in [1.165, 1.54) is 18.2 Å². The van der Waals surface area contributed by atoms with Crippen LogP contribution in [0.1, 0.15) is 44.4 Å². The van der Waals surface area contributed by atoms with Crippen LogP contribution in [0.25, 0.3) is 0 Å². The maximum absolute atomic E-state index is 12.6. The zero-order valence-electron chi connectivity index (χ0n) is 37.2. The number of hydrogen-bond acceptors (Lipinski definition) is 11. The van der Waals surface area contributed by atoms with Crippen molar-refractivity contribution in [3.8, 4) is 23.0 Å². The molecule has 1 aliphatic heterocycles. The molecule has 4 aromatic rings. The largest absolute Gasteiger partial charge is 0.489 e. The van der Waals surface area contributed by atoms with Crippen LogP contribution in [-0.2, 0) is 36.3 Å². The molecule has 0 radical (unpaired) electrons. The summed E-state index contributed by atoms with van der Waals surface area (Å²) in [6.07, 6.45) is -4.24. The predicted octanol–water partition coefficient (Wildman–Crippen LogP) is 9.98. The Kier molecular flexibility index (Phi) is 24.9. The van der Waals surface area contributed by atoms with E-state index in [4.69, 9.17) is 80.2 Å². The lowest BCUT2D eigenvalue weighted by Crippen LogP contribution is -2.47. The van der Waals surface area contributed by atoms with Gasteiger partial charge in [-0.2, -0.15) is 13.2 Å². The van der Waals surface area contributed by atoms with Crippen LogP contribution in [0.5, 0.6) is 23.0 Å². The molecule has 1 atom stereocenters. The molecule has 0 saturated carbocycles. The summed E-state index contributed by atoms with van der Waals surface area (Å²) in [5.74, 6) is -0.823. The Morgan fingerprint density at radius 1 is 1.01 bits per heavy atom. The summed E-state index contributed by atoms with van der Waals surface area (Å²) in [7, 11) is -4.10. The number of fused-ring (bicyclic) bond motifs is 1. The van der Waals surface area contributed by atoms with Gasteiger partial charge in [0, 0.05) is 18.7 Å². The van der Waals surface area contributed by atoms with E-state index in [0.29, 0.717) is 19.0 Å². The van der Waals surface area contributed by atoms with Crippen molar-refractivity contribution in [2.24, 2.45) is 0 Å². The van der Waals surface area contributed by atoms with Crippen molar-refractivity contribution in [2.75, 3.05) is 55.1 Å². The van der Waals surface area contributed by atoms with Gasteiger partial charge in [0.05, 0.1) is 52.4 Å². The molecular formula is C43H50Cl4F3N4O13P. The number of carboxylic acids is 1. The van der Waals surface area contributed by atoms with E-state index in [2.05, 4.69) is 12.2 Å². The molecule has 68 heavy (non-hydrogen) atoms. The molecule has 5 rings (SSSR count). The van der Waals surface area contributed by atoms with Gasteiger partial charge in [0.1, 0.15) is 36.5 Å². The molecule has 1 unspecified atom stereocenters. The molecule has 2 amide bonds. The number of carbonyl (C=O) groups is 3. The number of hydrogen-bond donors (Lipinski definition) is 4. The highest BCUT2D eigenvalue weighted by Gasteiger charge is 2.33. The van der Waals surface area contributed by atoms with Gasteiger partial charge >= 0.3 is 25.4 Å². The van der Waals surface area contributed by atoms with Crippen LogP contribution in [0.15, 0.2) is 78.9 Å². The SMILES string of the molecule is CC1COc2ccccc2N1C(=O)C(Cl)Cl.CCOCN(C(=O)CCl)c1c(C)cccc1CC.CCOc1cc(Oc2ccc(C(F)(F)F)cc2Cl)ccc1[N+](=O)[O-].O=C(O)CNCP(=O)(O)O. The third-order valence-electron chi connectivity index (χ3n) is 8.79. The lowest BCUT2D eigenvalue weighted by molar-refractivity contribution is -0.385. The van der Waals surface area contributed by atoms with E-state index in [0.717, 1.165) is 47.1 Å². The van der Waals surface area contributed by atoms with Gasteiger partial charge in [-0.3, -0.25) is 39.3 Å². The fourth-order valence-corrected chi connectivity index (χ4v) is 6.80. The normalized spacial score (nSPS) is 12.9. The van der Waals surface area contributed by atoms with Crippen LogP contribution < -0.4 is 29.3 Å². The summed E-state index contributed by atoms with van der Waals surface area (Å²) < 4.78 is 69.3. The molecule has 0 saturated heterocycles. The number of anilines is 2. The molecule has 1 aliphatic rings. The first kappa shape index (κ1) is 59.2. The van der Waals surface area contributed by atoms with Crippen LogP contribution in [0.3, 0.4) is 0 Å². The fraction of sp³-hybridized carbons (Fsp3) is 0.372. The molecule has 1 heterocycles. The van der Waals surface area contributed by atoms with Gasteiger partial charge in [-0.1, -0.05) is 72.1 Å². The molecule has 4 aromatic carbocycles. The number of nitrogens with zero attached hydrogens (tertiary/aromatic N) is 3. The van der Waals surface area contributed by atoms with E-state index in [9.17, 15) is 42.2 Å². The molecule has 0 aromatic heterocycles. The molecule has 374 valence electrons. The van der Waals surface area contributed by atoms with Crippen LogP contribution in [0.4, 0.5) is 30.2 Å². The second kappa shape index (κ2) is 28.6. The number of aliphatic carboxylic acids is 1. The van der Waals surface area contributed by atoms with Crippen LogP contribution in [-0.4, -0.2) is 93.7 Å². The molecule has 0 aliphatic carbocycles. The average molecular weight is 1060 g/mol. The summed E-state index contributed by atoms with van der Waals surface area (Å²) >= 11 is 22.7. The molecule has 25 heteroatoms. The number of nitro benzene ring substituents is 1. The summed E-state index contributed by atoms with van der Waals surface area (Å²) in [4.78, 5) is 62.4. The Bertz CT molecular complexity index is 2360. The number of aryl methyl sites for hydroxylation is 2. The number of alkyl halides is 6. The standard InChI is InChI=1S/C15H11ClF3NO4.C14H20ClNO2.C11H11Cl2NO2.C3H8NO5P/c1-2-23-14-8-10(4-5-12(14)20(21)22)24-13-6-3-9(7-11(13)16)15(17,18)19;1-4-12-8-6-7-11(3)14(12)16(10-18-5-2)13(17)9-15;1-7-6-16-9-5-3-2-4-8(9)14(7)11(15)10(12)13;5-3(6)1-4-2-10(7,8)9/h3-8H,2H2,1H3;6-8H,4-5,9-10H2,1-3H3;2-5,7,10H,6H2,1H3;4H,1-2H2,(H,5,6)(H2,7,8,9). The number of halogens is 7. The third-order valence-corrected chi connectivity index (χ3v) is 10.3. The number of amides is 2. The maximum atomic E-state index is 12.6. The maximum Gasteiger partial charge on any atom is 0.416 e. The smallest absolute Gasteiger partial charge is 0.416 e. The first-order valence-electron chi connectivity index (χ1n) is 20.2. The molecule has 0 spiro atoms. The Morgan fingerprint density at radius 2 is 1.69 bits per heavy atom. The summed E-state index contributed by atoms with van der Waals surface area (Å²) in [5, 5.41) is 20.7. The van der Waals surface area contributed by atoms with E-state index in [1.54, 1.807) is 16.7 Å². The van der Waals surface area contributed by atoms with Crippen LogP contribution >= 0.6 is 54.0 Å². The minimum Gasteiger partial charge on any atom is -0.489 e. The molecule has 0 bridgehead atoms. The molecule has 0 fully saturated rings. The summed E-state index contributed by atoms with van der Waals surface area (Å²) in [6, 6.07) is 19.7. The highest BCUT2D eigenvalue weighted by atomic mass is 35.5. The first-order chi connectivity index (χ1) is 31.9. The quantitative estimate of drug-likeness (QED) is 0.0269. The number of nitro groups is 1. The van der Waals surface area contributed by atoms with Crippen LogP contribution in [0.2, 0.25) is 5.02 Å². The van der Waals surface area contributed by atoms with E-state index in [1.807, 2.05) is 63.2 Å². The number of rotatable bonds is 16. The van der Waals surface area contributed by atoms with Gasteiger partial charge in [0.25, 0.3) is 5.91 Å². The lowest BCUT2D eigenvalue weighted by atomic mass is 10.0. The second-order valence-electron chi connectivity index (χ2n) is 13.9. The zero-order valence-corrected chi connectivity index (χ0v) is 41.1. The van der Waals surface area contributed by atoms with Crippen molar-refractivity contribution in [2.45, 2.75) is 58.1 Å². The van der Waals surface area contributed by atoms with Crippen molar-refractivity contribution >= 4 is 88.8 Å². The minimum absolute atomic E-state index is 0.0111. The monoisotopic (exact) mass is 1060 g/mol. The second-order valence-corrected chi connectivity index (χ2v) is 17.3. The van der Waals surface area contributed by atoms with E-state index >= 15 is 0 Å². The lowest BCUT2D eigenvalue weighted by Gasteiger charge is -2.35. The fourth-order valence-electron chi connectivity index (χ4n) is 5.82. The van der Waals surface area contributed by atoms with Crippen molar-refractivity contribution in [3.63, 3.8) is 0 Å². The molecule has 4 N–H and O–H groups in total. The number of para-hydroxylation sites is 3. The van der Waals surface area contributed by atoms with Gasteiger partial charge in [0.2, 0.25) is 11.7 Å². The predicted molar refractivity (Wildman–Crippen MR) is 253 cm³/mol. The minimum atomic E-state index is -4.52. The van der Waals surface area contributed by atoms with Crippen molar-refractivity contribution < 1.29 is 70.9 Å². The van der Waals surface area contributed by atoms with E-state index < -0.39 is 47.9 Å².